The summed E-state index contributed by atoms with van der Waals surface area (Å²) in [4.78, 5) is 28.9. The molecule has 144 valence electrons. The van der Waals surface area contributed by atoms with Gasteiger partial charge in [-0.25, -0.2) is 18.6 Å². The van der Waals surface area contributed by atoms with Gasteiger partial charge in [0.05, 0.1) is 24.4 Å². The van der Waals surface area contributed by atoms with Gasteiger partial charge in [0.15, 0.2) is 4.80 Å². The van der Waals surface area contributed by atoms with Crippen LogP contribution in [0.4, 0.5) is 14.5 Å². The number of rotatable bonds is 4. The number of nitrogens with zero attached hydrogens (tertiary/aromatic N) is 2. The Bertz CT molecular complexity index is 1170. The topological polar surface area (TPSA) is 60.7 Å². The maximum Gasteiger partial charge on any atom is 0.348 e. The highest BCUT2D eigenvalue weighted by atomic mass is 35.5. The van der Waals surface area contributed by atoms with Crippen molar-refractivity contribution >= 4 is 34.6 Å². The van der Waals surface area contributed by atoms with E-state index in [4.69, 9.17) is 11.6 Å². The molecule has 3 rings (SSSR count). The summed E-state index contributed by atoms with van der Waals surface area (Å²) in [5, 5.41) is -0.140. The summed E-state index contributed by atoms with van der Waals surface area (Å²) in [6.45, 7) is -0.1000. The van der Waals surface area contributed by atoms with Gasteiger partial charge in [-0.1, -0.05) is 41.1 Å². The number of esters is 1. The predicted molar refractivity (Wildman–Crippen MR) is 102 cm³/mol. The van der Waals surface area contributed by atoms with E-state index in [0.29, 0.717) is 0 Å². The van der Waals surface area contributed by atoms with Crippen molar-refractivity contribution in [2.75, 3.05) is 7.11 Å². The Labute approximate surface area is 167 Å². The first-order valence-corrected chi connectivity index (χ1v) is 9.15. The molecule has 0 spiro atoms. The van der Waals surface area contributed by atoms with Crippen LogP contribution in [-0.4, -0.2) is 17.6 Å². The molecular weight excluding hydrogens is 410 g/mol. The molecule has 0 saturated carbocycles. The third-order valence-corrected chi connectivity index (χ3v) is 5.04. The van der Waals surface area contributed by atoms with Gasteiger partial charge in [0, 0.05) is 11.6 Å². The lowest BCUT2D eigenvalue weighted by Gasteiger charge is -2.09. The Hall–Kier alpha value is -2.84. The van der Waals surface area contributed by atoms with Gasteiger partial charge in [-0.2, -0.15) is 0 Å². The monoisotopic (exact) mass is 422 g/mol. The molecule has 1 aromatic heterocycles. The van der Waals surface area contributed by atoms with Crippen molar-refractivity contribution < 1.29 is 18.3 Å². The molecule has 2 aromatic carbocycles. The summed E-state index contributed by atoms with van der Waals surface area (Å²) in [6, 6.07) is 10.9. The molecule has 0 unspecified atom stereocenters. The Balaban J connectivity index is 2.21. The van der Waals surface area contributed by atoms with Crippen LogP contribution in [0, 0.1) is 11.6 Å². The van der Waals surface area contributed by atoms with Crippen molar-refractivity contribution in [1.82, 2.24) is 4.57 Å². The van der Waals surface area contributed by atoms with E-state index < -0.39 is 23.2 Å². The smallest absolute Gasteiger partial charge is 0.348 e. The van der Waals surface area contributed by atoms with Crippen LogP contribution < -0.4 is 10.4 Å². The van der Waals surface area contributed by atoms with Gasteiger partial charge in [0.1, 0.15) is 16.5 Å². The second-order valence-electron chi connectivity index (χ2n) is 5.61. The van der Waals surface area contributed by atoms with Crippen molar-refractivity contribution in [3.63, 3.8) is 0 Å². The predicted octanol–water partition coefficient (Wildman–Crippen LogP) is 3.91. The molecule has 0 N–H and O–H groups in total. The number of halogens is 3. The Morgan fingerprint density at radius 3 is 2.61 bits per heavy atom. The minimum absolute atomic E-state index is 0.0317. The Kier molecular flexibility index (Phi) is 6.01. The lowest BCUT2D eigenvalue weighted by molar-refractivity contribution is 0.0605. The summed E-state index contributed by atoms with van der Waals surface area (Å²) in [5.74, 6) is -1.79. The van der Waals surface area contributed by atoms with Crippen molar-refractivity contribution in [3.8, 4) is 0 Å². The molecular formula is C19H13ClF2N2O3S. The van der Waals surface area contributed by atoms with Gasteiger partial charge in [-0.05, 0) is 24.3 Å². The maximum absolute atomic E-state index is 14.0. The highest BCUT2D eigenvalue weighted by molar-refractivity contribution is 7.11. The molecule has 0 atom stereocenters. The van der Waals surface area contributed by atoms with E-state index in [1.54, 1.807) is 12.1 Å². The number of carbonyl (C=O) groups is 1. The lowest BCUT2D eigenvalue weighted by atomic mass is 10.2. The van der Waals surface area contributed by atoms with Crippen molar-refractivity contribution in [2.45, 2.75) is 6.54 Å². The van der Waals surface area contributed by atoms with E-state index >= 15 is 0 Å². The SMILES string of the molecule is COC(=O)c1cc(=O)n(Cc2ccccc2F)c(=Nc2ccc(F)c(Cl)c2)s1. The molecule has 0 radical (unpaired) electrons. The van der Waals surface area contributed by atoms with Gasteiger partial charge in [-0.15, -0.1) is 0 Å². The molecule has 0 fully saturated rings. The zero-order valence-corrected chi connectivity index (χ0v) is 16.1. The van der Waals surface area contributed by atoms with Gasteiger partial charge in [0.2, 0.25) is 0 Å². The van der Waals surface area contributed by atoms with Gasteiger partial charge >= 0.3 is 5.97 Å². The number of methoxy groups -OCH3 is 1. The summed E-state index contributed by atoms with van der Waals surface area (Å²) in [7, 11) is 1.19. The van der Waals surface area contributed by atoms with E-state index in [-0.39, 0.29) is 32.5 Å². The number of hydrogen-bond donors (Lipinski definition) is 0. The number of aromatic nitrogens is 1. The van der Waals surface area contributed by atoms with Crippen molar-refractivity contribution in [3.05, 3.63) is 90.8 Å². The molecule has 9 heteroatoms. The minimum Gasteiger partial charge on any atom is -0.465 e. The maximum atomic E-state index is 14.0. The summed E-state index contributed by atoms with van der Waals surface area (Å²) in [5.41, 5.74) is -0.0167. The second-order valence-corrected chi connectivity index (χ2v) is 7.03. The quantitative estimate of drug-likeness (QED) is 0.599. The van der Waals surface area contributed by atoms with E-state index in [1.165, 1.54) is 35.9 Å². The first-order valence-electron chi connectivity index (χ1n) is 7.95. The highest BCUT2D eigenvalue weighted by Crippen LogP contribution is 2.21. The minimum atomic E-state index is -0.700. The molecule has 5 nitrogen and oxygen atoms in total. The molecule has 28 heavy (non-hydrogen) atoms. The van der Waals surface area contributed by atoms with E-state index in [9.17, 15) is 18.4 Å². The zero-order chi connectivity index (χ0) is 20.3. The Morgan fingerprint density at radius 2 is 1.93 bits per heavy atom. The van der Waals surface area contributed by atoms with Crippen LogP contribution in [0.3, 0.4) is 0 Å². The first kappa shape index (κ1) is 19.9. The third kappa shape index (κ3) is 4.35. The fourth-order valence-corrected chi connectivity index (χ4v) is 3.47. The van der Waals surface area contributed by atoms with Crippen molar-refractivity contribution in [1.29, 1.82) is 0 Å². The second kappa shape index (κ2) is 8.45. The molecule has 0 bridgehead atoms. The fraction of sp³-hybridized carbons (Fsp3) is 0.105. The largest absolute Gasteiger partial charge is 0.465 e. The third-order valence-electron chi connectivity index (χ3n) is 3.75. The average Bonchev–Trinajstić information content (AvgIpc) is 2.68. The van der Waals surface area contributed by atoms with Crippen molar-refractivity contribution in [2.24, 2.45) is 4.99 Å². The lowest BCUT2D eigenvalue weighted by Crippen LogP contribution is -2.33. The Morgan fingerprint density at radius 1 is 1.18 bits per heavy atom. The van der Waals surface area contributed by atoms with Crippen LogP contribution in [0.2, 0.25) is 5.02 Å². The molecule has 1 heterocycles. The van der Waals surface area contributed by atoms with Gasteiger partial charge in [0.25, 0.3) is 5.56 Å². The van der Waals surface area contributed by atoms with Crippen LogP contribution in [0.5, 0.6) is 0 Å². The number of carbonyl (C=O) groups excluding carboxylic acids is 1. The molecule has 0 amide bonds. The molecule has 3 aromatic rings. The molecule has 0 saturated heterocycles. The standard InChI is InChI=1S/C19H13ClF2N2O3S/c1-27-18(26)16-9-17(25)24(10-11-4-2-3-5-14(11)21)19(28-16)23-12-6-7-15(22)13(20)8-12/h2-9H,10H2,1H3. The first-order chi connectivity index (χ1) is 13.4. The molecule has 0 aliphatic carbocycles. The van der Waals surface area contributed by atoms with Crippen LogP contribution in [0.1, 0.15) is 15.2 Å². The average molecular weight is 423 g/mol. The molecule has 0 aliphatic rings. The van der Waals surface area contributed by atoms with E-state index in [2.05, 4.69) is 9.73 Å². The number of benzene rings is 2. The summed E-state index contributed by atoms with van der Waals surface area (Å²) >= 11 is 6.67. The zero-order valence-electron chi connectivity index (χ0n) is 14.5. The van der Waals surface area contributed by atoms with Crippen LogP contribution >= 0.6 is 22.9 Å². The van der Waals surface area contributed by atoms with Crippen LogP contribution in [0.25, 0.3) is 0 Å². The summed E-state index contributed by atoms with van der Waals surface area (Å²) < 4.78 is 33.3. The van der Waals surface area contributed by atoms with Crippen LogP contribution in [0.15, 0.2) is 58.3 Å². The van der Waals surface area contributed by atoms with E-state index in [1.807, 2.05) is 0 Å². The van der Waals surface area contributed by atoms with Crippen LogP contribution in [-0.2, 0) is 11.3 Å². The molecule has 0 aliphatic heterocycles. The number of hydrogen-bond acceptors (Lipinski definition) is 5. The fourth-order valence-electron chi connectivity index (χ4n) is 2.36. The van der Waals surface area contributed by atoms with E-state index in [0.717, 1.165) is 23.5 Å². The summed E-state index contributed by atoms with van der Waals surface area (Å²) in [6.07, 6.45) is 0. The number of ether oxygens (including phenoxy) is 1. The van der Waals surface area contributed by atoms with Gasteiger partial charge in [-0.3, -0.25) is 9.36 Å². The normalized spacial score (nSPS) is 11.5. The highest BCUT2D eigenvalue weighted by Gasteiger charge is 2.13. The van der Waals surface area contributed by atoms with Gasteiger partial charge < -0.3 is 4.74 Å².